The van der Waals surface area contributed by atoms with E-state index in [0.717, 1.165) is 24.3 Å². The van der Waals surface area contributed by atoms with Crippen molar-refractivity contribution in [3.8, 4) is 0 Å². The molecule has 14 nitrogen and oxygen atoms in total. The number of nitrogens with zero attached hydrogens (tertiary/aromatic N) is 4. The van der Waals surface area contributed by atoms with E-state index in [1.807, 2.05) is 0 Å². The van der Waals surface area contributed by atoms with E-state index in [4.69, 9.17) is 0 Å². The monoisotopic (exact) mass is 514 g/mol. The van der Waals surface area contributed by atoms with Crippen LogP contribution in [0.15, 0.2) is 46.2 Å². The van der Waals surface area contributed by atoms with Gasteiger partial charge in [-0.15, -0.1) is 0 Å². The number of nitro benzene ring substituents is 2. The fourth-order valence-electron chi connectivity index (χ4n) is 3.49. The molecule has 0 aliphatic rings. The van der Waals surface area contributed by atoms with Crippen LogP contribution in [0.1, 0.15) is 0 Å². The Kier molecular flexibility index (Phi) is 9.85. The van der Waals surface area contributed by atoms with Crippen LogP contribution in [-0.4, -0.2) is 91.3 Å². The first-order valence-electron chi connectivity index (χ1n) is 10.4. The molecule has 35 heavy (non-hydrogen) atoms. The number of rotatable bonds is 14. The zero-order chi connectivity index (χ0) is 26.2. The van der Waals surface area contributed by atoms with Gasteiger partial charge in [0.1, 0.15) is 11.4 Å². The van der Waals surface area contributed by atoms with E-state index in [0.29, 0.717) is 0 Å². The molecule has 4 N–H and O–H groups in total. The lowest BCUT2D eigenvalue weighted by molar-refractivity contribution is -0.384. The Balaban J connectivity index is 2.61. The third-order valence-electron chi connectivity index (χ3n) is 5.07. The van der Waals surface area contributed by atoms with Crippen molar-refractivity contribution in [2.75, 3.05) is 62.4 Å². The zero-order valence-corrected chi connectivity index (χ0v) is 19.4. The molecule has 0 aliphatic carbocycles. The Morgan fingerprint density at radius 2 is 0.971 bits per heavy atom. The van der Waals surface area contributed by atoms with Crippen molar-refractivity contribution in [1.29, 1.82) is 0 Å². The number of sulfone groups is 1. The van der Waals surface area contributed by atoms with Crippen LogP contribution in [0.2, 0.25) is 0 Å². The summed E-state index contributed by atoms with van der Waals surface area (Å²) in [7, 11) is -4.43. The van der Waals surface area contributed by atoms with Gasteiger partial charge in [0.2, 0.25) is 9.84 Å². The predicted molar refractivity (Wildman–Crippen MR) is 124 cm³/mol. The van der Waals surface area contributed by atoms with Crippen LogP contribution >= 0.6 is 0 Å². The summed E-state index contributed by atoms with van der Waals surface area (Å²) in [5.74, 6) is 0. The van der Waals surface area contributed by atoms with Gasteiger partial charge in [-0.3, -0.25) is 20.2 Å². The molecule has 0 aromatic heterocycles. The van der Waals surface area contributed by atoms with E-state index in [-0.39, 0.29) is 64.0 Å². The summed E-state index contributed by atoms with van der Waals surface area (Å²) in [4.78, 5) is 23.4. The van der Waals surface area contributed by atoms with E-state index in [1.165, 1.54) is 21.9 Å². The molecule has 0 bridgehead atoms. The van der Waals surface area contributed by atoms with Crippen LogP contribution in [0.3, 0.4) is 0 Å². The first-order valence-corrected chi connectivity index (χ1v) is 11.9. The maximum absolute atomic E-state index is 13.2. The van der Waals surface area contributed by atoms with Crippen molar-refractivity contribution >= 4 is 32.6 Å². The first kappa shape index (κ1) is 27.9. The summed E-state index contributed by atoms with van der Waals surface area (Å²) >= 11 is 0. The highest BCUT2D eigenvalue weighted by atomic mass is 32.2. The second-order valence-electron chi connectivity index (χ2n) is 7.19. The summed E-state index contributed by atoms with van der Waals surface area (Å²) in [5, 5.41) is 60.2. The summed E-state index contributed by atoms with van der Waals surface area (Å²) in [6, 6.07) is 6.17. The highest BCUT2D eigenvalue weighted by molar-refractivity contribution is 7.91. The SMILES string of the molecule is O=[N+]([O-])c1cc(S(=O)(=O)c2ccc(N(CCO)CCO)c([N+](=O)[O-])c2)ccc1N(CCO)CCO. The Morgan fingerprint density at radius 3 is 1.23 bits per heavy atom. The molecular weight excluding hydrogens is 488 g/mol. The van der Waals surface area contributed by atoms with Crippen LogP contribution in [0.25, 0.3) is 0 Å². The molecule has 0 saturated heterocycles. The van der Waals surface area contributed by atoms with Crippen molar-refractivity contribution in [2.45, 2.75) is 9.79 Å². The molecule has 0 fully saturated rings. The van der Waals surface area contributed by atoms with Crippen molar-refractivity contribution in [3.63, 3.8) is 0 Å². The molecule has 2 rings (SSSR count). The summed E-state index contributed by atoms with van der Waals surface area (Å²) in [6.45, 7) is -1.63. The number of hydrogen-bond acceptors (Lipinski definition) is 12. The van der Waals surface area contributed by atoms with E-state index < -0.39 is 40.8 Å². The van der Waals surface area contributed by atoms with Gasteiger partial charge in [0, 0.05) is 38.3 Å². The van der Waals surface area contributed by atoms with E-state index in [2.05, 4.69) is 0 Å². The minimum atomic E-state index is -4.43. The number of aliphatic hydroxyl groups is 4. The van der Waals surface area contributed by atoms with Gasteiger partial charge in [0.15, 0.2) is 0 Å². The number of hydrogen-bond donors (Lipinski definition) is 4. The fourth-order valence-corrected chi connectivity index (χ4v) is 4.79. The minimum Gasteiger partial charge on any atom is -0.395 e. The van der Waals surface area contributed by atoms with Crippen molar-refractivity contribution in [2.24, 2.45) is 0 Å². The van der Waals surface area contributed by atoms with Crippen molar-refractivity contribution in [3.05, 3.63) is 56.6 Å². The predicted octanol–water partition coefficient (Wildman–Crippen LogP) is -0.0822. The van der Waals surface area contributed by atoms with Gasteiger partial charge in [-0.25, -0.2) is 8.42 Å². The normalized spacial score (nSPS) is 11.3. The maximum Gasteiger partial charge on any atom is 0.293 e. The Labute approximate surface area is 200 Å². The molecule has 15 heteroatoms. The van der Waals surface area contributed by atoms with Crippen molar-refractivity contribution in [1.82, 2.24) is 0 Å². The third kappa shape index (κ3) is 6.40. The van der Waals surface area contributed by atoms with Crippen LogP contribution < -0.4 is 9.80 Å². The lowest BCUT2D eigenvalue weighted by Gasteiger charge is -2.23. The van der Waals surface area contributed by atoms with Crippen LogP contribution in [0.5, 0.6) is 0 Å². The summed E-state index contributed by atoms with van der Waals surface area (Å²) in [6.07, 6.45) is 0. The average Bonchev–Trinajstić information content (AvgIpc) is 2.83. The summed E-state index contributed by atoms with van der Waals surface area (Å²) < 4.78 is 26.4. The van der Waals surface area contributed by atoms with Gasteiger partial charge in [-0.1, -0.05) is 0 Å². The molecule has 0 saturated carbocycles. The maximum atomic E-state index is 13.2. The number of benzene rings is 2. The fraction of sp³-hybridized carbons (Fsp3) is 0.400. The quantitative estimate of drug-likeness (QED) is 0.193. The van der Waals surface area contributed by atoms with Crippen LogP contribution in [0, 0.1) is 20.2 Å². The average molecular weight is 515 g/mol. The lowest BCUT2D eigenvalue weighted by Crippen LogP contribution is -2.30. The van der Waals surface area contributed by atoms with Gasteiger partial charge in [0.05, 0.1) is 46.1 Å². The Bertz CT molecular complexity index is 1060. The van der Waals surface area contributed by atoms with E-state index in [9.17, 15) is 49.1 Å². The van der Waals surface area contributed by atoms with E-state index in [1.54, 1.807) is 0 Å². The van der Waals surface area contributed by atoms with Gasteiger partial charge in [-0.2, -0.15) is 0 Å². The van der Waals surface area contributed by atoms with Gasteiger partial charge >= 0.3 is 0 Å². The molecule has 0 atom stereocenters. The first-order chi connectivity index (χ1) is 16.6. The molecule has 0 heterocycles. The van der Waals surface area contributed by atoms with E-state index >= 15 is 0 Å². The van der Waals surface area contributed by atoms with Gasteiger partial charge in [-0.05, 0) is 24.3 Å². The molecule has 0 amide bonds. The largest absolute Gasteiger partial charge is 0.395 e. The minimum absolute atomic E-state index is 0.0120. The highest BCUT2D eigenvalue weighted by Crippen LogP contribution is 2.36. The standard InChI is InChI=1S/C20H26N4O10S/c25-9-5-21(6-10-26)17-3-1-15(13-19(17)23(29)30)35(33,34)16-2-4-18(20(14-16)24(31)32)22(7-11-27)8-12-28/h1-4,13-14,25-28H,5-12H2. The summed E-state index contributed by atoms with van der Waals surface area (Å²) in [5.41, 5.74) is -1.20. The zero-order valence-electron chi connectivity index (χ0n) is 18.6. The van der Waals surface area contributed by atoms with Crippen LogP contribution in [0.4, 0.5) is 22.7 Å². The van der Waals surface area contributed by atoms with Gasteiger partial charge in [0.25, 0.3) is 11.4 Å². The Morgan fingerprint density at radius 1 is 0.657 bits per heavy atom. The molecule has 0 radical (unpaired) electrons. The molecule has 0 aliphatic heterocycles. The molecule has 0 unspecified atom stereocenters. The molecule has 0 spiro atoms. The second-order valence-corrected chi connectivity index (χ2v) is 9.14. The molecule has 192 valence electrons. The number of aliphatic hydroxyl groups excluding tert-OH is 4. The lowest BCUT2D eigenvalue weighted by atomic mass is 10.2. The second kappa shape index (κ2) is 12.4. The molecular formula is C20H26N4O10S. The Hall–Kier alpha value is -3.37. The number of nitro groups is 2. The van der Waals surface area contributed by atoms with Gasteiger partial charge < -0.3 is 30.2 Å². The highest BCUT2D eigenvalue weighted by Gasteiger charge is 2.28. The molecule has 2 aromatic rings. The molecule has 2 aromatic carbocycles. The third-order valence-corrected chi connectivity index (χ3v) is 6.82. The number of anilines is 2. The van der Waals surface area contributed by atoms with Crippen LogP contribution in [-0.2, 0) is 9.84 Å². The van der Waals surface area contributed by atoms with Crippen molar-refractivity contribution < 1.29 is 38.7 Å². The smallest absolute Gasteiger partial charge is 0.293 e. The topological polar surface area (TPSA) is 208 Å².